The zero-order chi connectivity index (χ0) is 17.3. The number of nitrogens with one attached hydrogen (secondary N) is 1. The average Bonchev–Trinajstić information content (AvgIpc) is 2.94. The van der Waals surface area contributed by atoms with Gasteiger partial charge in [0.15, 0.2) is 5.54 Å². The summed E-state index contributed by atoms with van der Waals surface area (Å²) in [4.78, 5) is 27.4. The summed E-state index contributed by atoms with van der Waals surface area (Å²) in [5, 5.41) is 2.50. The molecule has 3 aromatic carbocycles. The summed E-state index contributed by atoms with van der Waals surface area (Å²) in [5.74, 6) is -0.348. The third kappa shape index (κ3) is 2.22. The molecular weight excluding hydrogens is 312 g/mol. The van der Waals surface area contributed by atoms with Gasteiger partial charge in [-0.25, -0.2) is 4.79 Å². The van der Waals surface area contributed by atoms with Gasteiger partial charge in [0, 0.05) is 5.69 Å². The number of hydrogen-bond donors (Lipinski definition) is 1. The molecule has 1 N–H and O–H groups in total. The van der Waals surface area contributed by atoms with Crippen LogP contribution in [0.3, 0.4) is 0 Å². The van der Waals surface area contributed by atoms with Crippen molar-refractivity contribution in [2.75, 3.05) is 4.90 Å². The molecule has 4 nitrogen and oxygen atoms in total. The number of anilines is 1. The first-order valence-electron chi connectivity index (χ1n) is 8.06. The van der Waals surface area contributed by atoms with Crippen LogP contribution in [0.15, 0.2) is 91.0 Å². The van der Waals surface area contributed by atoms with Gasteiger partial charge in [-0.05, 0) is 23.3 Å². The summed E-state index contributed by atoms with van der Waals surface area (Å²) >= 11 is 0. The zero-order valence-corrected chi connectivity index (χ0v) is 13.4. The van der Waals surface area contributed by atoms with Crippen molar-refractivity contribution in [3.05, 3.63) is 102 Å². The third-order valence-electron chi connectivity index (χ3n) is 4.49. The highest BCUT2D eigenvalue weighted by Crippen LogP contribution is 2.42. The lowest BCUT2D eigenvalue weighted by Gasteiger charge is -2.36. The van der Waals surface area contributed by atoms with E-state index in [2.05, 4.69) is 5.32 Å². The summed E-state index contributed by atoms with van der Waals surface area (Å²) in [5.41, 5.74) is 0.918. The van der Waals surface area contributed by atoms with Crippen molar-refractivity contribution >= 4 is 17.6 Å². The molecule has 4 rings (SSSR count). The smallest absolute Gasteiger partial charge is 0.275 e. The first-order valence-corrected chi connectivity index (χ1v) is 8.06. The van der Waals surface area contributed by atoms with Gasteiger partial charge in [-0.2, -0.15) is 0 Å². The number of para-hydroxylation sites is 1. The van der Waals surface area contributed by atoms with Gasteiger partial charge in [-0.1, -0.05) is 78.9 Å². The lowest BCUT2D eigenvalue weighted by Crippen LogP contribution is -2.48. The van der Waals surface area contributed by atoms with Crippen LogP contribution in [0.2, 0.25) is 0 Å². The first kappa shape index (κ1) is 15.1. The number of imide groups is 1. The third-order valence-corrected chi connectivity index (χ3v) is 4.49. The van der Waals surface area contributed by atoms with E-state index in [1.54, 1.807) is 4.90 Å². The number of carbonyl (C=O) groups is 2. The normalized spacial score (nSPS) is 15.9. The molecule has 0 spiro atoms. The van der Waals surface area contributed by atoms with Gasteiger partial charge in [0.05, 0.1) is 0 Å². The average molecular weight is 328 g/mol. The molecule has 4 heteroatoms. The van der Waals surface area contributed by atoms with Crippen LogP contribution in [0.1, 0.15) is 11.1 Å². The van der Waals surface area contributed by atoms with Crippen LogP contribution in [0.25, 0.3) is 0 Å². The molecule has 1 aliphatic rings. The zero-order valence-electron chi connectivity index (χ0n) is 13.4. The summed E-state index contributed by atoms with van der Waals surface area (Å²) in [7, 11) is 0. The Morgan fingerprint density at radius 3 is 1.56 bits per heavy atom. The van der Waals surface area contributed by atoms with Gasteiger partial charge in [-0.3, -0.25) is 15.0 Å². The van der Waals surface area contributed by atoms with Crippen molar-refractivity contribution in [1.29, 1.82) is 0 Å². The van der Waals surface area contributed by atoms with E-state index in [4.69, 9.17) is 0 Å². The highest BCUT2D eigenvalue weighted by atomic mass is 16.2. The van der Waals surface area contributed by atoms with Crippen molar-refractivity contribution in [2.45, 2.75) is 5.54 Å². The number of hydrogen-bond acceptors (Lipinski definition) is 2. The Morgan fingerprint density at radius 2 is 1.08 bits per heavy atom. The summed E-state index contributed by atoms with van der Waals surface area (Å²) in [6.07, 6.45) is 0. The molecule has 3 amide bonds. The number of carbonyl (C=O) groups excluding carboxylic acids is 2. The predicted octanol–water partition coefficient (Wildman–Crippen LogP) is 3.69. The van der Waals surface area contributed by atoms with Gasteiger partial charge in [0.1, 0.15) is 0 Å². The second-order valence-electron chi connectivity index (χ2n) is 5.87. The monoisotopic (exact) mass is 328 g/mol. The number of urea groups is 1. The summed E-state index contributed by atoms with van der Waals surface area (Å²) < 4.78 is 0. The summed E-state index contributed by atoms with van der Waals surface area (Å²) in [6.45, 7) is 0. The van der Waals surface area contributed by atoms with Crippen molar-refractivity contribution in [3.63, 3.8) is 0 Å². The van der Waals surface area contributed by atoms with Crippen LogP contribution in [0.4, 0.5) is 10.5 Å². The Morgan fingerprint density at radius 1 is 0.640 bits per heavy atom. The second-order valence-corrected chi connectivity index (χ2v) is 5.87. The minimum absolute atomic E-state index is 0.348. The molecule has 25 heavy (non-hydrogen) atoms. The molecule has 0 atom stereocenters. The first-order chi connectivity index (χ1) is 12.2. The van der Waals surface area contributed by atoms with Crippen LogP contribution in [0, 0.1) is 0 Å². The fourth-order valence-corrected chi connectivity index (χ4v) is 3.43. The SMILES string of the molecule is O=C1NC(=O)C(c2ccccc2)(c2ccccc2)N1c1ccccc1. The Labute approximate surface area is 145 Å². The lowest BCUT2D eigenvalue weighted by molar-refractivity contribution is -0.122. The van der Waals surface area contributed by atoms with Crippen LogP contribution in [-0.2, 0) is 10.3 Å². The van der Waals surface area contributed by atoms with E-state index in [0.717, 1.165) is 11.1 Å². The Bertz CT molecular complexity index is 869. The van der Waals surface area contributed by atoms with Crippen LogP contribution in [0.5, 0.6) is 0 Å². The van der Waals surface area contributed by atoms with E-state index in [1.165, 1.54) is 0 Å². The van der Waals surface area contributed by atoms with Crippen LogP contribution >= 0.6 is 0 Å². The maximum Gasteiger partial charge on any atom is 0.330 e. The van der Waals surface area contributed by atoms with E-state index in [9.17, 15) is 9.59 Å². The van der Waals surface area contributed by atoms with E-state index < -0.39 is 11.6 Å². The molecule has 1 fully saturated rings. The molecule has 122 valence electrons. The molecular formula is C21H16N2O2. The quantitative estimate of drug-likeness (QED) is 0.746. The molecule has 1 heterocycles. The van der Waals surface area contributed by atoms with Crippen LogP contribution in [-0.4, -0.2) is 11.9 Å². The number of amides is 3. The molecule has 0 unspecified atom stereocenters. The molecule has 0 saturated carbocycles. The van der Waals surface area contributed by atoms with Crippen molar-refractivity contribution < 1.29 is 9.59 Å². The largest absolute Gasteiger partial charge is 0.330 e. The van der Waals surface area contributed by atoms with Gasteiger partial charge in [0.25, 0.3) is 5.91 Å². The Hall–Kier alpha value is -3.40. The fraction of sp³-hybridized carbons (Fsp3) is 0.0476. The minimum atomic E-state index is -1.24. The molecule has 0 aliphatic carbocycles. The number of nitrogens with zero attached hydrogens (tertiary/aromatic N) is 1. The van der Waals surface area contributed by atoms with E-state index in [-0.39, 0.29) is 5.91 Å². The van der Waals surface area contributed by atoms with Gasteiger partial charge in [-0.15, -0.1) is 0 Å². The molecule has 0 bridgehead atoms. The molecule has 0 radical (unpaired) electrons. The molecule has 3 aromatic rings. The molecule has 0 aromatic heterocycles. The number of rotatable bonds is 3. The maximum absolute atomic E-state index is 13.1. The highest BCUT2D eigenvalue weighted by molar-refractivity contribution is 6.19. The number of benzene rings is 3. The van der Waals surface area contributed by atoms with E-state index in [0.29, 0.717) is 5.69 Å². The Kier molecular flexibility index (Phi) is 3.58. The van der Waals surface area contributed by atoms with Gasteiger partial charge in [0.2, 0.25) is 0 Å². The minimum Gasteiger partial charge on any atom is -0.275 e. The van der Waals surface area contributed by atoms with Crippen molar-refractivity contribution in [2.24, 2.45) is 0 Å². The summed E-state index contributed by atoms with van der Waals surface area (Å²) in [6, 6.07) is 27.6. The Balaban J connectivity index is 2.05. The second kappa shape index (κ2) is 5.91. The van der Waals surface area contributed by atoms with Crippen molar-refractivity contribution in [3.8, 4) is 0 Å². The van der Waals surface area contributed by atoms with Crippen LogP contribution < -0.4 is 10.2 Å². The molecule has 1 saturated heterocycles. The van der Waals surface area contributed by atoms with E-state index >= 15 is 0 Å². The van der Waals surface area contributed by atoms with E-state index in [1.807, 2.05) is 91.0 Å². The predicted molar refractivity (Wildman–Crippen MR) is 96.1 cm³/mol. The highest BCUT2D eigenvalue weighted by Gasteiger charge is 2.56. The lowest BCUT2D eigenvalue weighted by atomic mass is 9.81. The molecule has 1 aliphatic heterocycles. The van der Waals surface area contributed by atoms with Gasteiger partial charge >= 0.3 is 6.03 Å². The topological polar surface area (TPSA) is 49.4 Å². The maximum atomic E-state index is 13.1. The standard InChI is InChI=1S/C21H16N2O2/c24-19-21(16-10-4-1-5-11-16,17-12-6-2-7-13-17)23(20(25)22-19)18-14-8-3-9-15-18/h1-15H,(H,22,24,25). The fourth-order valence-electron chi connectivity index (χ4n) is 3.43. The van der Waals surface area contributed by atoms with Crippen molar-refractivity contribution in [1.82, 2.24) is 5.32 Å². The van der Waals surface area contributed by atoms with Gasteiger partial charge < -0.3 is 0 Å².